The summed E-state index contributed by atoms with van der Waals surface area (Å²) < 4.78 is 0. The van der Waals surface area contributed by atoms with Gasteiger partial charge in [-0.1, -0.05) is 18.5 Å². The van der Waals surface area contributed by atoms with E-state index in [1.54, 1.807) is 24.3 Å². The first-order chi connectivity index (χ1) is 9.02. The van der Waals surface area contributed by atoms with E-state index >= 15 is 0 Å². The van der Waals surface area contributed by atoms with E-state index in [4.69, 9.17) is 11.6 Å². The van der Waals surface area contributed by atoms with Crippen LogP contribution in [0.4, 0.5) is 0 Å². The predicted octanol–water partition coefficient (Wildman–Crippen LogP) is 0.957. The van der Waals surface area contributed by atoms with Gasteiger partial charge in [0.1, 0.15) is 0 Å². The van der Waals surface area contributed by atoms with E-state index in [1.807, 2.05) is 6.92 Å². The molecule has 1 rings (SSSR count). The molecule has 0 saturated heterocycles. The molecule has 0 radical (unpaired) electrons. The lowest BCUT2D eigenvalue weighted by atomic mass is 10.2. The van der Waals surface area contributed by atoms with Crippen LogP contribution in [0.3, 0.4) is 0 Å². The first-order valence-corrected chi connectivity index (χ1v) is 6.39. The van der Waals surface area contributed by atoms with Gasteiger partial charge in [0.2, 0.25) is 5.91 Å². The molecule has 0 aliphatic rings. The molecule has 1 aromatic rings. The van der Waals surface area contributed by atoms with Crippen LogP contribution in [0.25, 0.3) is 0 Å². The molecule has 1 unspecified atom stereocenters. The molecule has 0 aromatic heterocycles. The van der Waals surface area contributed by atoms with E-state index in [1.165, 1.54) is 0 Å². The normalized spacial score (nSPS) is 11.7. The summed E-state index contributed by atoms with van der Waals surface area (Å²) in [6.45, 7) is 1.88. The number of amides is 2. The zero-order chi connectivity index (χ0) is 14.3. The Hall–Kier alpha value is -1.59. The number of hydrogen-bond donors (Lipinski definition) is 3. The highest BCUT2D eigenvalue weighted by Gasteiger charge is 2.08. The van der Waals surface area contributed by atoms with Crippen LogP contribution in [0.1, 0.15) is 23.7 Å². The second-order valence-corrected chi connectivity index (χ2v) is 4.49. The maximum atomic E-state index is 11.7. The highest BCUT2D eigenvalue weighted by Crippen LogP contribution is 2.09. The molecule has 1 aromatic carbocycles. The van der Waals surface area contributed by atoms with Crippen molar-refractivity contribution in [3.05, 3.63) is 34.9 Å². The second-order valence-electron chi connectivity index (χ2n) is 4.06. The third-order valence-corrected chi connectivity index (χ3v) is 2.77. The van der Waals surface area contributed by atoms with Crippen LogP contribution in [0.15, 0.2) is 24.3 Å². The molecule has 6 heteroatoms. The molecule has 0 saturated carbocycles. The molecular weight excluding hydrogens is 268 g/mol. The largest absolute Gasteiger partial charge is 0.391 e. The number of benzene rings is 1. The van der Waals surface area contributed by atoms with E-state index in [-0.39, 0.29) is 24.9 Å². The van der Waals surface area contributed by atoms with Gasteiger partial charge in [-0.25, -0.2) is 0 Å². The van der Waals surface area contributed by atoms with Crippen LogP contribution in [0.5, 0.6) is 0 Å². The van der Waals surface area contributed by atoms with Crippen molar-refractivity contribution in [3.63, 3.8) is 0 Å². The summed E-state index contributed by atoms with van der Waals surface area (Å²) in [5.74, 6) is -0.683. The topological polar surface area (TPSA) is 78.4 Å². The van der Waals surface area contributed by atoms with Crippen LogP contribution >= 0.6 is 11.6 Å². The van der Waals surface area contributed by atoms with E-state index in [2.05, 4.69) is 10.6 Å². The zero-order valence-electron chi connectivity index (χ0n) is 10.6. The number of nitrogens with one attached hydrogen (secondary N) is 2. The summed E-state index contributed by atoms with van der Waals surface area (Å²) in [5.41, 5.74) is 0.436. The molecule has 0 aliphatic heterocycles. The fourth-order valence-electron chi connectivity index (χ4n) is 1.30. The van der Waals surface area contributed by atoms with Gasteiger partial charge < -0.3 is 15.7 Å². The number of aliphatic hydroxyl groups excluding tert-OH is 1. The summed E-state index contributed by atoms with van der Waals surface area (Å²) in [4.78, 5) is 23.1. The van der Waals surface area contributed by atoms with E-state index < -0.39 is 6.10 Å². The lowest BCUT2D eigenvalue weighted by molar-refractivity contribution is -0.120. The average Bonchev–Trinajstić information content (AvgIpc) is 2.42. The van der Waals surface area contributed by atoms with Crippen LogP contribution in [0, 0.1) is 0 Å². The van der Waals surface area contributed by atoms with Gasteiger partial charge >= 0.3 is 0 Å². The minimum Gasteiger partial charge on any atom is -0.391 e. The molecule has 0 bridgehead atoms. The number of halogens is 1. The van der Waals surface area contributed by atoms with Crippen LogP contribution < -0.4 is 10.6 Å². The quantitative estimate of drug-likeness (QED) is 0.728. The van der Waals surface area contributed by atoms with Crippen molar-refractivity contribution in [3.8, 4) is 0 Å². The standard InChI is InChI=1S/C13H17ClN2O3/c1-2-11(17)7-15-12(18)8-16-13(19)9-3-5-10(14)6-4-9/h3-6,11,17H,2,7-8H2,1H3,(H,15,18)(H,16,19). The smallest absolute Gasteiger partial charge is 0.251 e. The Morgan fingerprint density at radius 2 is 1.89 bits per heavy atom. The lowest BCUT2D eigenvalue weighted by Crippen LogP contribution is -2.39. The van der Waals surface area contributed by atoms with Crippen molar-refractivity contribution in [2.24, 2.45) is 0 Å². The van der Waals surface area contributed by atoms with Crippen LogP contribution in [0.2, 0.25) is 5.02 Å². The summed E-state index contributed by atoms with van der Waals surface area (Å²) in [5, 5.41) is 14.8. The molecule has 3 N–H and O–H groups in total. The Morgan fingerprint density at radius 1 is 1.26 bits per heavy atom. The third kappa shape index (κ3) is 5.72. The number of rotatable bonds is 6. The monoisotopic (exact) mass is 284 g/mol. The number of aliphatic hydroxyl groups is 1. The number of hydrogen-bond acceptors (Lipinski definition) is 3. The third-order valence-electron chi connectivity index (χ3n) is 2.52. The second kappa shape index (κ2) is 7.76. The Kier molecular flexibility index (Phi) is 6.32. The van der Waals surface area contributed by atoms with Crippen molar-refractivity contribution in [1.29, 1.82) is 0 Å². The maximum absolute atomic E-state index is 11.7. The Labute approximate surface area is 117 Å². The molecule has 0 aliphatic carbocycles. The molecule has 19 heavy (non-hydrogen) atoms. The van der Waals surface area contributed by atoms with E-state index in [9.17, 15) is 14.7 Å². The summed E-state index contributed by atoms with van der Waals surface area (Å²) >= 11 is 5.71. The fraction of sp³-hybridized carbons (Fsp3) is 0.385. The van der Waals surface area contributed by atoms with Crippen molar-refractivity contribution in [1.82, 2.24) is 10.6 Å². The first-order valence-electron chi connectivity index (χ1n) is 6.01. The Balaban J connectivity index is 2.34. The molecule has 0 heterocycles. The van der Waals surface area contributed by atoms with Crippen molar-refractivity contribution >= 4 is 23.4 Å². The summed E-state index contributed by atoms with van der Waals surface area (Å²) in [7, 11) is 0. The molecule has 104 valence electrons. The van der Waals surface area contributed by atoms with Gasteiger partial charge in [-0.05, 0) is 30.7 Å². The highest BCUT2D eigenvalue weighted by atomic mass is 35.5. The van der Waals surface area contributed by atoms with Crippen molar-refractivity contribution in [2.75, 3.05) is 13.1 Å². The Morgan fingerprint density at radius 3 is 2.47 bits per heavy atom. The molecule has 1 atom stereocenters. The zero-order valence-corrected chi connectivity index (χ0v) is 11.4. The van der Waals surface area contributed by atoms with Crippen LogP contribution in [-0.2, 0) is 4.79 Å². The molecule has 0 fully saturated rings. The van der Waals surface area contributed by atoms with Gasteiger partial charge in [-0.2, -0.15) is 0 Å². The van der Waals surface area contributed by atoms with Gasteiger partial charge in [-0.15, -0.1) is 0 Å². The first kappa shape index (κ1) is 15.5. The summed E-state index contributed by atoms with van der Waals surface area (Å²) in [6.07, 6.45) is 0.00754. The van der Waals surface area contributed by atoms with Gasteiger partial charge in [0.05, 0.1) is 12.6 Å². The van der Waals surface area contributed by atoms with E-state index in [0.717, 1.165) is 0 Å². The molecule has 2 amide bonds. The van der Waals surface area contributed by atoms with E-state index in [0.29, 0.717) is 17.0 Å². The fourth-order valence-corrected chi connectivity index (χ4v) is 1.43. The number of carbonyl (C=O) groups is 2. The number of carbonyl (C=O) groups excluding carboxylic acids is 2. The highest BCUT2D eigenvalue weighted by molar-refractivity contribution is 6.30. The molecule has 5 nitrogen and oxygen atoms in total. The minimum absolute atomic E-state index is 0.127. The summed E-state index contributed by atoms with van der Waals surface area (Å²) in [6, 6.07) is 6.37. The van der Waals surface area contributed by atoms with Crippen molar-refractivity contribution < 1.29 is 14.7 Å². The van der Waals surface area contributed by atoms with Gasteiger partial charge in [0.25, 0.3) is 5.91 Å². The average molecular weight is 285 g/mol. The Bertz CT molecular complexity index is 434. The SMILES string of the molecule is CCC(O)CNC(=O)CNC(=O)c1ccc(Cl)cc1. The van der Waals surface area contributed by atoms with Gasteiger partial charge in [0.15, 0.2) is 0 Å². The lowest BCUT2D eigenvalue weighted by Gasteiger charge is -2.10. The van der Waals surface area contributed by atoms with Crippen molar-refractivity contribution in [2.45, 2.75) is 19.4 Å². The van der Waals surface area contributed by atoms with Crippen LogP contribution in [-0.4, -0.2) is 36.1 Å². The van der Waals surface area contributed by atoms with Gasteiger partial charge in [0, 0.05) is 17.1 Å². The maximum Gasteiger partial charge on any atom is 0.251 e. The minimum atomic E-state index is -0.559. The predicted molar refractivity (Wildman–Crippen MR) is 73.1 cm³/mol. The van der Waals surface area contributed by atoms with Gasteiger partial charge in [-0.3, -0.25) is 9.59 Å². The molecule has 0 spiro atoms. The molecular formula is C13H17ClN2O3.